The number of nitriles is 1. The van der Waals surface area contributed by atoms with E-state index >= 15 is 0 Å². The van der Waals surface area contributed by atoms with E-state index in [9.17, 15) is 0 Å². The highest BCUT2D eigenvalue weighted by Crippen LogP contribution is 2.36. The lowest BCUT2D eigenvalue weighted by molar-refractivity contribution is 0.232. The van der Waals surface area contributed by atoms with Crippen LogP contribution in [-0.4, -0.2) is 29.6 Å². The molecule has 1 saturated heterocycles. The fourth-order valence-electron chi connectivity index (χ4n) is 3.30. The third kappa shape index (κ3) is 2.23. The molecule has 3 unspecified atom stereocenters. The Labute approximate surface area is 98.6 Å². The first-order chi connectivity index (χ1) is 7.65. The van der Waals surface area contributed by atoms with Gasteiger partial charge in [-0.25, -0.2) is 0 Å². The molecule has 1 aliphatic carbocycles. The Kier molecular flexibility index (Phi) is 3.51. The fourth-order valence-corrected chi connectivity index (χ4v) is 3.30. The lowest BCUT2D eigenvalue weighted by atomic mass is 9.87. The second-order valence-electron chi connectivity index (χ2n) is 5.56. The second kappa shape index (κ2) is 4.73. The van der Waals surface area contributed by atoms with Gasteiger partial charge in [-0.3, -0.25) is 0 Å². The Bertz CT molecular complexity index is 283. The normalized spacial score (nSPS) is 40.1. The van der Waals surface area contributed by atoms with E-state index in [0.717, 1.165) is 38.3 Å². The summed E-state index contributed by atoms with van der Waals surface area (Å²) in [5, 5.41) is 9.15. The van der Waals surface area contributed by atoms with Gasteiger partial charge in [-0.05, 0) is 58.0 Å². The molecule has 1 saturated carbocycles. The summed E-state index contributed by atoms with van der Waals surface area (Å²) >= 11 is 0. The highest BCUT2D eigenvalue weighted by atomic mass is 15.2. The molecule has 1 heterocycles. The van der Waals surface area contributed by atoms with Crippen molar-refractivity contribution in [2.45, 2.75) is 57.0 Å². The van der Waals surface area contributed by atoms with Crippen LogP contribution in [0.2, 0.25) is 0 Å². The molecule has 2 fully saturated rings. The molecule has 3 atom stereocenters. The molecule has 3 nitrogen and oxygen atoms in total. The highest BCUT2D eigenvalue weighted by Gasteiger charge is 2.39. The standard InChI is InChI=1S/C13H23N3/c1-11-4-3-8-16(11)9-6-12-5-2-7-13(12,15)10-14/h11-12H,2-9,15H2,1H3. The SMILES string of the molecule is CC1CCCN1CCC1CCCC1(N)C#N. The van der Waals surface area contributed by atoms with Gasteiger partial charge in [-0.2, -0.15) is 5.26 Å². The molecule has 2 rings (SSSR count). The first-order valence-electron chi connectivity index (χ1n) is 6.60. The molecular formula is C13H23N3. The lowest BCUT2D eigenvalue weighted by Gasteiger charge is -2.27. The zero-order valence-electron chi connectivity index (χ0n) is 10.3. The van der Waals surface area contributed by atoms with Crippen LogP contribution >= 0.6 is 0 Å². The number of likely N-dealkylation sites (tertiary alicyclic amines) is 1. The average molecular weight is 221 g/mol. The molecule has 90 valence electrons. The topological polar surface area (TPSA) is 53.0 Å². The Hall–Kier alpha value is -0.590. The first kappa shape index (κ1) is 11.9. The van der Waals surface area contributed by atoms with Crippen molar-refractivity contribution in [1.29, 1.82) is 5.26 Å². The maximum Gasteiger partial charge on any atom is 0.107 e. The van der Waals surface area contributed by atoms with Crippen molar-refractivity contribution in [2.24, 2.45) is 11.7 Å². The molecular weight excluding hydrogens is 198 g/mol. The largest absolute Gasteiger partial charge is 0.313 e. The zero-order chi connectivity index (χ0) is 11.6. The fraction of sp³-hybridized carbons (Fsp3) is 0.923. The van der Waals surface area contributed by atoms with Gasteiger partial charge in [0.1, 0.15) is 5.54 Å². The summed E-state index contributed by atoms with van der Waals surface area (Å²) in [4.78, 5) is 2.55. The van der Waals surface area contributed by atoms with Gasteiger partial charge in [0.15, 0.2) is 0 Å². The van der Waals surface area contributed by atoms with Crippen molar-refractivity contribution in [1.82, 2.24) is 4.90 Å². The molecule has 16 heavy (non-hydrogen) atoms. The van der Waals surface area contributed by atoms with Crippen molar-refractivity contribution in [2.75, 3.05) is 13.1 Å². The number of hydrogen-bond donors (Lipinski definition) is 1. The minimum absolute atomic E-state index is 0.422. The minimum Gasteiger partial charge on any atom is -0.313 e. The predicted molar refractivity (Wildman–Crippen MR) is 64.8 cm³/mol. The second-order valence-corrected chi connectivity index (χ2v) is 5.56. The van der Waals surface area contributed by atoms with Crippen molar-refractivity contribution < 1.29 is 0 Å². The van der Waals surface area contributed by atoms with E-state index in [-0.39, 0.29) is 0 Å². The van der Waals surface area contributed by atoms with Gasteiger partial charge >= 0.3 is 0 Å². The van der Waals surface area contributed by atoms with E-state index in [0.29, 0.717) is 5.92 Å². The van der Waals surface area contributed by atoms with Crippen molar-refractivity contribution in [3.63, 3.8) is 0 Å². The minimum atomic E-state index is -0.525. The van der Waals surface area contributed by atoms with E-state index in [4.69, 9.17) is 11.0 Å². The number of rotatable bonds is 3. The summed E-state index contributed by atoms with van der Waals surface area (Å²) in [5.41, 5.74) is 5.62. The van der Waals surface area contributed by atoms with Gasteiger partial charge in [0.2, 0.25) is 0 Å². The van der Waals surface area contributed by atoms with Gasteiger partial charge in [0.05, 0.1) is 6.07 Å². The van der Waals surface area contributed by atoms with Gasteiger partial charge in [0, 0.05) is 6.04 Å². The van der Waals surface area contributed by atoms with Crippen LogP contribution in [0.1, 0.15) is 45.4 Å². The van der Waals surface area contributed by atoms with Crippen LogP contribution in [0.3, 0.4) is 0 Å². The maximum atomic E-state index is 9.15. The van der Waals surface area contributed by atoms with E-state index in [2.05, 4.69) is 17.9 Å². The Balaban J connectivity index is 1.84. The van der Waals surface area contributed by atoms with E-state index in [1.54, 1.807) is 0 Å². The van der Waals surface area contributed by atoms with Crippen molar-refractivity contribution in [3.05, 3.63) is 0 Å². The average Bonchev–Trinajstić information content (AvgIpc) is 2.83. The van der Waals surface area contributed by atoms with Crippen LogP contribution in [-0.2, 0) is 0 Å². The molecule has 0 radical (unpaired) electrons. The molecule has 0 bridgehead atoms. The summed E-state index contributed by atoms with van der Waals surface area (Å²) in [6, 6.07) is 3.07. The summed E-state index contributed by atoms with van der Waals surface area (Å²) in [6.07, 6.45) is 6.93. The lowest BCUT2D eigenvalue weighted by Crippen LogP contribution is -2.43. The molecule has 0 aromatic heterocycles. The third-order valence-corrected chi connectivity index (χ3v) is 4.54. The summed E-state index contributed by atoms with van der Waals surface area (Å²) < 4.78 is 0. The Morgan fingerprint density at radius 2 is 2.25 bits per heavy atom. The Morgan fingerprint density at radius 1 is 1.44 bits per heavy atom. The smallest absolute Gasteiger partial charge is 0.107 e. The van der Waals surface area contributed by atoms with Crippen molar-refractivity contribution >= 4 is 0 Å². The third-order valence-electron chi connectivity index (χ3n) is 4.54. The van der Waals surface area contributed by atoms with Crippen LogP contribution in [0, 0.1) is 17.2 Å². The predicted octanol–water partition coefficient (Wildman–Crippen LogP) is 1.88. The van der Waals surface area contributed by atoms with Gasteiger partial charge < -0.3 is 10.6 Å². The Morgan fingerprint density at radius 3 is 2.88 bits per heavy atom. The highest BCUT2D eigenvalue weighted by molar-refractivity contribution is 5.12. The summed E-state index contributed by atoms with van der Waals surface area (Å²) in [5.74, 6) is 0.422. The van der Waals surface area contributed by atoms with Crippen LogP contribution in [0.5, 0.6) is 0 Å². The molecule has 0 amide bonds. The zero-order valence-corrected chi connectivity index (χ0v) is 10.3. The monoisotopic (exact) mass is 221 g/mol. The number of hydrogen-bond acceptors (Lipinski definition) is 3. The molecule has 0 aromatic rings. The van der Waals surface area contributed by atoms with Gasteiger partial charge in [0.25, 0.3) is 0 Å². The molecule has 0 spiro atoms. The molecule has 0 aromatic carbocycles. The summed E-state index contributed by atoms with van der Waals surface area (Å²) in [7, 11) is 0. The number of nitrogens with two attached hydrogens (primary N) is 1. The van der Waals surface area contributed by atoms with Crippen LogP contribution in [0.15, 0.2) is 0 Å². The molecule has 2 aliphatic rings. The summed E-state index contributed by atoms with van der Waals surface area (Å²) in [6.45, 7) is 4.67. The van der Waals surface area contributed by atoms with Gasteiger partial charge in [-0.15, -0.1) is 0 Å². The van der Waals surface area contributed by atoms with E-state index < -0.39 is 5.54 Å². The van der Waals surface area contributed by atoms with E-state index in [1.165, 1.54) is 19.4 Å². The maximum absolute atomic E-state index is 9.15. The molecule has 3 heteroatoms. The van der Waals surface area contributed by atoms with Gasteiger partial charge in [-0.1, -0.05) is 6.42 Å². The quantitative estimate of drug-likeness (QED) is 0.791. The van der Waals surface area contributed by atoms with Crippen LogP contribution in [0.25, 0.3) is 0 Å². The van der Waals surface area contributed by atoms with E-state index in [1.807, 2.05) is 0 Å². The van der Waals surface area contributed by atoms with Crippen LogP contribution < -0.4 is 5.73 Å². The molecule has 2 N–H and O–H groups in total. The number of nitrogens with zero attached hydrogens (tertiary/aromatic N) is 2. The van der Waals surface area contributed by atoms with Crippen LogP contribution in [0.4, 0.5) is 0 Å². The molecule has 1 aliphatic heterocycles. The first-order valence-corrected chi connectivity index (χ1v) is 6.60. The van der Waals surface area contributed by atoms with Crippen molar-refractivity contribution in [3.8, 4) is 6.07 Å².